The normalized spacial score (nSPS) is 11.9. The second kappa shape index (κ2) is 11.2. The van der Waals surface area contributed by atoms with Gasteiger partial charge < -0.3 is 4.90 Å². The van der Waals surface area contributed by atoms with Crippen LogP contribution in [0.3, 0.4) is 0 Å². The number of amides is 1. The lowest BCUT2D eigenvalue weighted by Gasteiger charge is -2.24. The van der Waals surface area contributed by atoms with Gasteiger partial charge in [0.25, 0.3) is 0 Å². The molecule has 0 bridgehead atoms. The number of rotatable bonds is 11. The zero-order valence-corrected chi connectivity index (χ0v) is 21.5. The van der Waals surface area contributed by atoms with Gasteiger partial charge in [0, 0.05) is 19.5 Å². The van der Waals surface area contributed by atoms with Gasteiger partial charge in [0.15, 0.2) is 15.0 Å². The first-order chi connectivity index (χ1) is 15.8. The van der Waals surface area contributed by atoms with Gasteiger partial charge in [0.2, 0.25) is 5.91 Å². The average molecular weight is 488 g/mol. The first-order valence-corrected chi connectivity index (χ1v) is 13.9. The Bertz CT molecular complexity index is 1190. The molecule has 2 aromatic carbocycles. The molecule has 8 heteroatoms. The maximum absolute atomic E-state index is 13.3. The number of aryl methyl sites for hydroxylation is 2. The highest BCUT2D eigenvalue weighted by atomic mass is 32.2. The number of likely N-dealkylation sites (N-methyl/N-ethyl adjacent to an activating group) is 1. The van der Waals surface area contributed by atoms with E-state index in [2.05, 4.69) is 44.7 Å². The molecular formula is C25H33N3O3S2. The Labute approximate surface area is 201 Å². The van der Waals surface area contributed by atoms with Gasteiger partial charge in [-0.05, 0) is 62.7 Å². The van der Waals surface area contributed by atoms with Crippen LogP contribution in [0.5, 0.6) is 0 Å². The van der Waals surface area contributed by atoms with Crippen molar-refractivity contribution in [3.8, 4) is 0 Å². The predicted molar refractivity (Wildman–Crippen MR) is 137 cm³/mol. The number of benzene rings is 2. The maximum atomic E-state index is 13.3. The van der Waals surface area contributed by atoms with Crippen LogP contribution >= 0.6 is 11.3 Å². The van der Waals surface area contributed by atoms with Gasteiger partial charge in [-0.25, -0.2) is 13.4 Å². The molecule has 3 aromatic rings. The summed E-state index contributed by atoms with van der Waals surface area (Å²) >= 11 is 1.52. The summed E-state index contributed by atoms with van der Waals surface area (Å²) in [7, 11) is -3.40. The van der Waals surface area contributed by atoms with E-state index >= 15 is 0 Å². The smallest absolute Gasteiger partial charge is 0.228 e. The fraction of sp³-hybridized carbons (Fsp3) is 0.440. The van der Waals surface area contributed by atoms with E-state index in [-0.39, 0.29) is 24.5 Å². The van der Waals surface area contributed by atoms with Crippen LogP contribution in [-0.2, 0) is 14.6 Å². The van der Waals surface area contributed by atoms with Gasteiger partial charge in [0.1, 0.15) is 0 Å². The molecule has 178 valence electrons. The van der Waals surface area contributed by atoms with E-state index in [0.717, 1.165) is 35.4 Å². The van der Waals surface area contributed by atoms with E-state index in [1.54, 1.807) is 35.2 Å². The van der Waals surface area contributed by atoms with Crippen molar-refractivity contribution in [3.63, 3.8) is 0 Å². The van der Waals surface area contributed by atoms with Gasteiger partial charge in [0.05, 0.1) is 20.9 Å². The van der Waals surface area contributed by atoms with Crippen molar-refractivity contribution >= 4 is 42.4 Å². The lowest BCUT2D eigenvalue weighted by atomic mass is 10.1. The number of aromatic nitrogens is 1. The van der Waals surface area contributed by atoms with E-state index < -0.39 is 9.84 Å². The fourth-order valence-corrected chi connectivity index (χ4v) is 6.13. The van der Waals surface area contributed by atoms with Gasteiger partial charge in [-0.3, -0.25) is 9.69 Å². The van der Waals surface area contributed by atoms with Crippen molar-refractivity contribution in [2.45, 2.75) is 45.4 Å². The Hall–Kier alpha value is -2.29. The van der Waals surface area contributed by atoms with Crippen LogP contribution in [0, 0.1) is 13.8 Å². The molecule has 0 aliphatic rings. The van der Waals surface area contributed by atoms with E-state index in [4.69, 9.17) is 4.98 Å². The number of nitrogens with zero attached hydrogens (tertiary/aromatic N) is 3. The van der Waals surface area contributed by atoms with E-state index in [0.29, 0.717) is 16.6 Å². The van der Waals surface area contributed by atoms with E-state index in [1.807, 2.05) is 0 Å². The monoisotopic (exact) mass is 487 g/mol. The molecule has 0 saturated heterocycles. The topological polar surface area (TPSA) is 70.6 Å². The summed E-state index contributed by atoms with van der Waals surface area (Å²) in [6.07, 6.45) is 0.444. The molecule has 6 nitrogen and oxygen atoms in total. The summed E-state index contributed by atoms with van der Waals surface area (Å²) in [6, 6.07) is 12.5. The highest BCUT2D eigenvalue weighted by molar-refractivity contribution is 7.91. The average Bonchev–Trinajstić information content (AvgIpc) is 3.24. The molecule has 0 saturated carbocycles. The number of anilines is 1. The van der Waals surface area contributed by atoms with Gasteiger partial charge in [-0.15, -0.1) is 0 Å². The van der Waals surface area contributed by atoms with Crippen LogP contribution in [0.25, 0.3) is 10.2 Å². The number of hydrogen-bond acceptors (Lipinski definition) is 6. The second-order valence-corrected chi connectivity index (χ2v) is 11.3. The lowest BCUT2D eigenvalue weighted by molar-refractivity contribution is -0.118. The number of carbonyl (C=O) groups is 1. The van der Waals surface area contributed by atoms with Crippen molar-refractivity contribution in [1.29, 1.82) is 0 Å². The van der Waals surface area contributed by atoms with Crippen molar-refractivity contribution in [1.82, 2.24) is 9.88 Å². The zero-order valence-electron chi connectivity index (χ0n) is 19.9. The maximum Gasteiger partial charge on any atom is 0.228 e. The summed E-state index contributed by atoms with van der Waals surface area (Å²) in [5.74, 6) is -0.135. The van der Waals surface area contributed by atoms with Crippen molar-refractivity contribution in [2.75, 3.05) is 36.8 Å². The Balaban J connectivity index is 1.77. The summed E-state index contributed by atoms with van der Waals surface area (Å²) in [5.41, 5.74) is 3.23. The van der Waals surface area contributed by atoms with Crippen LogP contribution in [0.1, 0.15) is 37.8 Å². The number of sulfone groups is 1. The summed E-state index contributed by atoms with van der Waals surface area (Å²) < 4.78 is 26.2. The largest absolute Gasteiger partial charge is 0.302 e. The molecule has 0 unspecified atom stereocenters. The van der Waals surface area contributed by atoms with Gasteiger partial charge in [-0.1, -0.05) is 49.4 Å². The van der Waals surface area contributed by atoms with Crippen molar-refractivity contribution in [3.05, 3.63) is 53.6 Å². The summed E-state index contributed by atoms with van der Waals surface area (Å²) in [5, 5.41) is 0.682. The zero-order chi connectivity index (χ0) is 24.0. The molecule has 0 aliphatic carbocycles. The highest BCUT2D eigenvalue weighted by Crippen LogP contribution is 2.32. The van der Waals surface area contributed by atoms with Crippen LogP contribution < -0.4 is 4.90 Å². The quantitative estimate of drug-likeness (QED) is 0.387. The Morgan fingerprint density at radius 3 is 2.36 bits per heavy atom. The molecule has 1 heterocycles. The summed E-state index contributed by atoms with van der Waals surface area (Å²) in [4.78, 5) is 22.4. The minimum atomic E-state index is -3.40. The first kappa shape index (κ1) is 25.3. The molecule has 0 aliphatic heterocycles. The standard InChI is InChI=1S/C25H33N3O3S2/c1-5-27(6-2)16-17-28(25-26-24-20(4)19(3)14-15-22(24)32-25)23(29)13-10-18-33(30,31)21-11-8-7-9-12-21/h7-9,11-12,14-15H,5-6,10,13,16-18H2,1-4H3. The van der Waals surface area contributed by atoms with Crippen LogP contribution in [0.15, 0.2) is 47.4 Å². The van der Waals surface area contributed by atoms with Crippen molar-refractivity contribution in [2.24, 2.45) is 0 Å². The SMILES string of the molecule is CCN(CC)CCN(C(=O)CCCS(=O)(=O)c1ccccc1)c1nc2c(C)c(C)ccc2s1. The third-order valence-electron chi connectivity index (χ3n) is 6.05. The van der Waals surface area contributed by atoms with Gasteiger partial charge in [-0.2, -0.15) is 0 Å². The third-order valence-corrected chi connectivity index (χ3v) is 8.91. The van der Waals surface area contributed by atoms with Crippen molar-refractivity contribution < 1.29 is 13.2 Å². The molecule has 1 aromatic heterocycles. The molecular weight excluding hydrogens is 454 g/mol. The second-order valence-electron chi connectivity index (χ2n) is 8.16. The molecule has 3 rings (SSSR count). The first-order valence-electron chi connectivity index (χ1n) is 11.4. The number of hydrogen-bond donors (Lipinski definition) is 0. The molecule has 0 spiro atoms. The lowest BCUT2D eigenvalue weighted by Crippen LogP contribution is -2.38. The van der Waals surface area contributed by atoms with E-state index in [1.165, 1.54) is 16.9 Å². The molecule has 1 amide bonds. The number of fused-ring (bicyclic) bond motifs is 1. The molecule has 0 N–H and O–H groups in total. The third kappa shape index (κ3) is 6.19. The predicted octanol–water partition coefficient (Wildman–Crippen LogP) is 4.84. The van der Waals surface area contributed by atoms with Crippen LogP contribution in [0.2, 0.25) is 0 Å². The molecule has 0 atom stereocenters. The fourth-order valence-electron chi connectivity index (χ4n) is 3.73. The Morgan fingerprint density at radius 1 is 1.00 bits per heavy atom. The number of carbonyl (C=O) groups excluding carboxylic acids is 1. The molecule has 0 fully saturated rings. The number of thiazole rings is 1. The van der Waals surface area contributed by atoms with Crippen LogP contribution in [0.4, 0.5) is 5.13 Å². The Kier molecular flexibility index (Phi) is 8.62. The minimum Gasteiger partial charge on any atom is -0.302 e. The molecule has 0 radical (unpaired) electrons. The molecule has 33 heavy (non-hydrogen) atoms. The van der Waals surface area contributed by atoms with Gasteiger partial charge >= 0.3 is 0 Å². The van der Waals surface area contributed by atoms with E-state index in [9.17, 15) is 13.2 Å². The minimum absolute atomic E-state index is 0.0508. The highest BCUT2D eigenvalue weighted by Gasteiger charge is 2.22. The Morgan fingerprint density at radius 2 is 1.70 bits per heavy atom. The van der Waals surface area contributed by atoms with Crippen LogP contribution in [-0.4, -0.2) is 56.1 Å². The summed E-state index contributed by atoms with van der Waals surface area (Å²) in [6.45, 7) is 11.4.